The minimum Gasteiger partial charge on any atom is -0.392 e. The first-order chi connectivity index (χ1) is 13.0. The molecule has 6 heteroatoms. The zero-order chi connectivity index (χ0) is 18.9. The Hall–Kier alpha value is -2.57. The third-order valence-corrected chi connectivity index (χ3v) is 6.05. The third-order valence-electron chi connectivity index (χ3n) is 6.05. The van der Waals surface area contributed by atoms with Crippen LogP contribution in [0.2, 0.25) is 0 Å². The molecule has 0 spiro atoms. The molecule has 0 unspecified atom stereocenters. The highest BCUT2D eigenvalue weighted by Crippen LogP contribution is 2.41. The van der Waals surface area contributed by atoms with Crippen molar-refractivity contribution in [3.05, 3.63) is 61.7 Å². The van der Waals surface area contributed by atoms with E-state index in [2.05, 4.69) is 0 Å². The number of hydrogen-bond donors (Lipinski definition) is 2. The Balaban J connectivity index is 1.88. The quantitative estimate of drug-likeness (QED) is 0.571. The number of aliphatic hydroxyl groups is 2. The predicted octanol–water partition coefficient (Wildman–Crippen LogP) is 2.35. The van der Waals surface area contributed by atoms with E-state index in [-0.39, 0.29) is 23.5 Å². The molecule has 1 aliphatic carbocycles. The van der Waals surface area contributed by atoms with Crippen molar-refractivity contribution in [3.8, 4) is 11.4 Å². The maximum Gasteiger partial charge on any atom is 0.257 e. The van der Waals surface area contributed by atoms with Gasteiger partial charge in [-0.2, -0.15) is 0 Å². The number of nitrogens with zero attached hydrogens (tertiary/aromatic N) is 2. The lowest BCUT2D eigenvalue weighted by atomic mass is 9.85. The number of halogens is 1. The van der Waals surface area contributed by atoms with Crippen LogP contribution in [0.3, 0.4) is 0 Å². The van der Waals surface area contributed by atoms with Crippen LogP contribution in [-0.2, 0) is 32.6 Å². The molecule has 0 bridgehead atoms. The van der Waals surface area contributed by atoms with E-state index in [0.29, 0.717) is 34.6 Å². The largest absolute Gasteiger partial charge is 0.392 e. The second-order valence-electron chi connectivity index (χ2n) is 7.37. The Morgan fingerprint density at radius 3 is 2.67 bits per heavy atom. The monoisotopic (exact) mass is 366 g/mol. The topological polar surface area (TPSA) is 75.3 Å². The van der Waals surface area contributed by atoms with Crippen molar-refractivity contribution in [3.63, 3.8) is 0 Å². The summed E-state index contributed by atoms with van der Waals surface area (Å²) in [5, 5.41) is 20.2. The van der Waals surface area contributed by atoms with Crippen LogP contribution in [0.15, 0.2) is 16.9 Å². The first-order valence-electron chi connectivity index (χ1n) is 9.16. The van der Waals surface area contributed by atoms with Gasteiger partial charge in [0.1, 0.15) is 5.82 Å². The van der Waals surface area contributed by atoms with Gasteiger partial charge in [-0.05, 0) is 54.5 Å². The van der Waals surface area contributed by atoms with Crippen molar-refractivity contribution < 1.29 is 14.6 Å². The van der Waals surface area contributed by atoms with Gasteiger partial charge in [-0.15, -0.1) is 0 Å². The molecule has 0 radical (unpaired) electrons. The highest BCUT2D eigenvalue weighted by molar-refractivity contribution is 5.92. The highest BCUT2D eigenvalue weighted by Gasteiger charge is 2.30. The molecule has 3 heterocycles. The lowest BCUT2D eigenvalue weighted by Crippen LogP contribution is -2.25. The van der Waals surface area contributed by atoms with E-state index in [4.69, 9.17) is 4.98 Å². The Morgan fingerprint density at radius 2 is 1.93 bits per heavy atom. The van der Waals surface area contributed by atoms with Crippen molar-refractivity contribution in [2.75, 3.05) is 0 Å². The van der Waals surface area contributed by atoms with Crippen LogP contribution >= 0.6 is 0 Å². The lowest BCUT2D eigenvalue weighted by Gasteiger charge is -2.21. The summed E-state index contributed by atoms with van der Waals surface area (Å²) in [5.74, 6) is -0.250. The molecular formula is C21H19FN2O3. The van der Waals surface area contributed by atoms with Gasteiger partial charge in [0.25, 0.3) is 5.56 Å². The lowest BCUT2D eigenvalue weighted by molar-refractivity contribution is 0.257. The van der Waals surface area contributed by atoms with Crippen LogP contribution in [0.5, 0.6) is 0 Å². The maximum atomic E-state index is 14.4. The normalized spacial score (nSPS) is 14.5. The van der Waals surface area contributed by atoms with E-state index in [1.807, 2.05) is 6.92 Å². The molecule has 27 heavy (non-hydrogen) atoms. The number of aromatic nitrogens is 2. The van der Waals surface area contributed by atoms with E-state index < -0.39 is 6.61 Å². The van der Waals surface area contributed by atoms with Gasteiger partial charge >= 0.3 is 0 Å². The Morgan fingerprint density at radius 1 is 1.15 bits per heavy atom. The van der Waals surface area contributed by atoms with Crippen LogP contribution in [-0.4, -0.2) is 19.8 Å². The molecule has 0 amide bonds. The van der Waals surface area contributed by atoms with Gasteiger partial charge in [-0.3, -0.25) is 4.79 Å². The minimum absolute atomic E-state index is 0.217. The highest BCUT2D eigenvalue weighted by atomic mass is 19.1. The molecule has 0 saturated heterocycles. The summed E-state index contributed by atoms with van der Waals surface area (Å²) >= 11 is 0. The molecule has 2 aromatic heterocycles. The first kappa shape index (κ1) is 16.6. The number of benzene rings is 1. The van der Waals surface area contributed by atoms with Crippen LogP contribution in [0, 0.1) is 12.7 Å². The van der Waals surface area contributed by atoms with E-state index in [1.54, 1.807) is 10.6 Å². The molecule has 5 nitrogen and oxygen atoms in total. The van der Waals surface area contributed by atoms with E-state index in [0.717, 1.165) is 41.3 Å². The number of aliphatic hydroxyl groups excluding tert-OH is 2. The van der Waals surface area contributed by atoms with Crippen LogP contribution in [0.1, 0.15) is 39.8 Å². The maximum absolute atomic E-state index is 14.4. The standard InChI is InChI=1S/C21H19FN2O3/c1-10-12-3-2-4-13-14-7-24-18(5-11(8-25)15(9-26)21(24)27)20(14)23-17(19(12)13)6-16(10)22/h5-6,25-26H,2-4,7-9H2,1H3. The number of rotatable bonds is 2. The summed E-state index contributed by atoms with van der Waals surface area (Å²) in [7, 11) is 0. The van der Waals surface area contributed by atoms with Gasteiger partial charge in [0.15, 0.2) is 0 Å². The van der Waals surface area contributed by atoms with Crippen molar-refractivity contribution in [1.29, 1.82) is 0 Å². The van der Waals surface area contributed by atoms with Crippen LogP contribution in [0.25, 0.3) is 22.3 Å². The number of aryl methyl sites for hydroxylation is 2. The van der Waals surface area contributed by atoms with E-state index in [9.17, 15) is 19.4 Å². The molecule has 138 valence electrons. The second-order valence-corrected chi connectivity index (χ2v) is 7.37. The summed E-state index contributed by atoms with van der Waals surface area (Å²) < 4.78 is 16.0. The van der Waals surface area contributed by atoms with Gasteiger partial charge in [-0.25, -0.2) is 9.37 Å². The second kappa shape index (κ2) is 5.71. The molecule has 0 atom stereocenters. The zero-order valence-electron chi connectivity index (χ0n) is 15.0. The molecule has 1 aromatic carbocycles. The Bertz CT molecular complexity index is 1200. The van der Waals surface area contributed by atoms with Gasteiger partial charge < -0.3 is 14.8 Å². The predicted molar refractivity (Wildman–Crippen MR) is 99.1 cm³/mol. The van der Waals surface area contributed by atoms with E-state index in [1.165, 1.54) is 6.07 Å². The molecule has 0 saturated carbocycles. The van der Waals surface area contributed by atoms with E-state index >= 15 is 0 Å². The van der Waals surface area contributed by atoms with Crippen molar-refractivity contribution >= 4 is 10.9 Å². The zero-order valence-corrected chi connectivity index (χ0v) is 15.0. The molecule has 0 fully saturated rings. The van der Waals surface area contributed by atoms with Gasteiger partial charge in [0.05, 0.1) is 36.7 Å². The minimum atomic E-state index is -0.415. The molecule has 5 rings (SSSR count). The molecule has 2 aliphatic rings. The summed E-state index contributed by atoms with van der Waals surface area (Å²) in [6.07, 6.45) is 2.66. The Labute approximate surface area is 154 Å². The first-order valence-corrected chi connectivity index (χ1v) is 9.16. The summed E-state index contributed by atoms with van der Waals surface area (Å²) in [4.78, 5) is 17.6. The summed E-state index contributed by atoms with van der Waals surface area (Å²) in [6, 6.07) is 3.21. The molecule has 3 aromatic rings. The number of pyridine rings is 2. The molecule has 1 aliphatic heterocycles. The average molecular weight is 366 g/mol. The van der Waals surface area contributed by atoms with Crippen molar-refractivity contribution in [2.45, 2.75) is 45.9 Å². The average Bonchev–Trinajstić information content (AvgIpc) is 3.05. The third kappa shape index (κ3) is 2.11. The SMILES string of the molecule is Cc1c(F)cc2nc3c(c4c2c1CCC4)Cn1c-3cc(CO)c(CO)c1=O. The number of hydrogen-bond acceptors (Lipinski definition) is 4. The molecule has 2 N–H and O–H groups in total. The fourth-order valence-corrected chi connectivity index (χ4v) is 4.67. The fraction of sp³-hybridized carbons (Fsp3) is 0.333. The van der Waals surface area contributed by atoms with Gasteiger partial charge in [0, 0.05) is 22.6 Å². The van der Waals surface area contributed by atoms with Gasteiger partial charge in [0.2, 0.25) is 0 Å². The van der Waals surface area contributed by atoms with Gasteiger partial charge in [-0.1, -0.05) is 0 Å². The molecular weight excluding hydrogens is 347 g/mol. The van der Waals surface area contributed by atoms with Crippen LogP contribution in [0.4, 0.5) is 4.39 Å². The fourth-order valence-electron chi connectivity index (χ4n) is 4.67. The number of fused-ring (bicyclic) bond motifs is 4. The summed E-state index contributed by atoms with van der Waals surface area (Å²) in [5.41, 5.74) is 6.13. The van der Waals surface area contributed by atoms with Crippen molar-refractivity contribution in [2.24, 2.45) is 0 Å². The van der Waals surface area contributed by atoms with Crippen molar-refractivity contribution in [1.82, 2.24) is 9.55 Å². The Kier molecular flexibility index (Phi) is 3.51. The van der Waals surface area contributed by atoms with Crippen LogP contribution < -0.4 is 5.56 Å². The smallest absolute Gasteiger partial charge is 0.257 e. The summed E-state index contributed by atoms with van der Waals surface area (Å²) in [6.45, 7) is 1.47.